The van der Waals surface area contributed by atoms with Crippen molar-refractivity contribution >= 4 is 29.3 Å². The van der Waals surface area contributed by atoms with E-state index < -0.39 is 0 Å². The molecule has 2 aromatic heterocycles. The molecule has 0 unspecified atom stereocenters. The molecule has 4 aromatic rings. The van der Waals surface area contributed by atoms with Crippen LogP contribution >= 0.6 is 11.8 Å². The van der Waals surface area contributed by atoms with Gasteiger partial charge in [0.05, 0.1) is 30.2 Å². The average molecular weight is 458 g/mol. The number of imidazole rings is 1. The zero-order valence-corrected chi connectivity index (χ0v) is 18.2. The van der Waals surface area contributed by atoms with Crippen molar-refractivity contribution in [2.24, 2.45) is 0 Å². The first-order valence-electron chi connectivity index (χ1n) is 9.99. The SMILES string of the molecule is N#Cc1ccc(NC(=O)CSc2nccn2-c2ccc(C(=O)NCc3ccco3)cc2)cc1. The van der Waals surface area contributed by atoms with E-state index in [-0.39, 0.29) is 17.6 Å². The van der Waals surface area contributed by atoms with Crippen molar-refractivity contribution in [2.45, 2.75) is 11.7 Å². The molecule has 0 spiro atoms. The van der Waals surface area contributed by atoms with Crippen LogP contribution in [-0.4, -0.2) is 27.1 Å². The molecule has 2 heterocycles. The Hall–Kier alpha value is -4.29. The minimum atomic E-state index is -0.197. The van der Waals surface area contributed by atoms with Gasteiger partial charge in [0.1, 0.15) is 5.76 Å². The molecule has 33 heavy (non-hydrogen) atoms. The van der Waals surface area contributed by atoms with E-state index in [4.69, 9.17) is 9.68 Å². The lowest BCUT2D eigenvalue weighted by molar-refractivity contribution is -0.113. The average Bonchev–Trinajstić information content (AvgIpc) is 3.54. The van der Waals surface area contributed by atoms with Gasteiger partial charge in [-0.3, -0.25) is 14.2 Å². The Morgan fingerprint density at radius 3 is 2.58 bits per heavy atom. The summed E-state index contributed by atoms with van der Waals surface area (Å²) in [7, 11) is 0. The zero-order chi connectivity index (χ0) is 23.0. The van der Waals surface area contributed by atoms with Crippen LogP contribution in [0.4, 0.5) is 5.69 Å². The van der Waals surface area contributed by atoms with Crippen molar-refractivity contribution in [3.8, 4) is 11.8 Å². The van der Waals surface area contributed by atoms with Crippen molar-refractivity contribution in [3.05, 3.63) is 96.2 Å². The van der Waals surface area contributed by atoms with Crippen LogP contribution in [-0.2, 0) is 11.3 Å². The van der Waals surface area contributed by atoms with E-state index in [2.05, 4.69) is 15.6 Å². The van der Waals surface area contributed by atoms with Gasteiger partial charge >= 0.3 is 0 Å². The number of hydrogen-bond acceptors (Lipinski definition) is 6. The quantitative estimate of drug-likeness (QED) is 0.387. The summed E-state index contributed by atoms with van der Waals surface area (Å²) in [6.07, 6.45) is 5.02. The van der Waals surface area contributed by atoms with Crippen molar-refractivity contribution in [3.63, 3.8) is 0 Å². The van der Waals surface area contributed by atoms with Gasteiger partial charge in [0.2, 0.25) is 5.91 Å². The van der Waals surface area contributed by atoms with Gasteiger partial charge in [-0.05, 0) is 60.7 Å². The summed E-state index contributed by atoms with van der Waals surface area (Å²) in [5.41, 5.74) is 2.51. The second-order valence-corrected chi connectivity index (χ2v) is 7.86. The Morgan fingerprint density at radius 1 is 1.09 bits per heavy atom. The molecule has 0 fully saturated rings. The van der Waals surface area contributed by atoms with Crippen molar-refractivity contribution in [1.82, 2.24) is 14.9 Å². The number of thioether (sulfide) groups is 1. The van der Waals surface area contributed by atoms with E-state index in [9.17, 15) is 9.59 Å². The van der Waals surface area contributed by atoms with Gasteiger partial charge in [0, 0.05) is 29.3 Å². The number of nitrogens with one attached hydrogen (secondary N) is 2. The van der Waals surface area contributed by atoms with Gasteiger partial charge in [-0.1, -0.05) is 11.8 Å². The van der Waals surface area contributed by atoms with Gasteiger partial charge in [-0.2, -0.15) is 5.26 Å². The highest BCUT2D eigenvalue weighted by Crippen LogP contribution is 2.21. The lowest BCUT2D eigenvalue weighted by Crippen LogP contribution is -2.22. The maximum atomic E-state index is 12.3. The number of amides is 2. The van der Waals surface area contributed by atoms with Crippen molar-refractivity contribution in [1.29, 1.82) is 5.26 Å². The van der Waals surface area contributed by atoms with E-state index in [1.54, 1.807) is 67.2 Å². The largest absolute Gasteiger partial charge is 0.467 e. The molecule has 0 bridgehead atoms. The van der Waals surface area contributed by atoms with Crippen LogP contribution in [0, 0.1) is 11.3 Å². The smallest absolute Gasteiger partial charge is 0.251 e. The predicted octanol–water partition coefficient (Wildman–Crippen LogP) is 4.00. The Bertz CT molecular complexity index is 1270. The highest BCUT2D eigenvalue weighted by atomic mass is 32.2. The first-order chi connectivity index (χ1) is 16.1. The number of carbonyl (C=O) groups is 2. The van der Waals surface area contributed by atoms with Gasteiger partial charge < -0.3 is 15.1 Å². The monoisotopic (exact) mass is 457 g/mol. The first kappa shape index (κ1) is 21.9. The van der Waals surface area contributed by atoms with E-state index >= 15 is 0 Å². The second-order valence-electron chi connectivity index (χ2n) is 6.91. The van der Waals surface area contributed by atoms with Crippen LogP contribution in [0.1, 0.15) is 21.7 Å². The van der Waals surface area contributed by atoms with Crippen molar-refractivity contribution < 1.29 is 14.0 Å². The lowest BCUT2D eigenvalue weighted by Gasteiger charge is -2.09. The van der Waals surface area contributed by atoms with Gasteiger partial charge in [-0.15, -0.1) is 0 Å². The number of hydrogen-bond donors (Lipinski definition) is 2. The zero-order valence-electron chi connectivity index (χ0n) is 17.4. The third-order valence-electron chi connectivity index (χ3n) is 4.65. The van der Waals surface area contributed by atoms with Crippen LogP contribution in [0.5, 0.6) is 0 Å². The molecule has 2 amide bonds. The number of carbonyl (C=O) groups excluding carboxylic acids is 2. The third kappa shape index (κ3) is 5.70. The molecule has 0 aliphatic heterocycles. The summed E-state index contributed by atoms with van der Waals surface area (Å²) in [6.45, 7) is 0.320. The van der Waals surface area contributed by atoms with Gasteiger partial charge in [-0.25, -0.2) is 4.98 Å². The highest BCUT2D eigenvalue weighted by Gasteiger charge is 2.11. The third-order valence-corrected chi connectivity index (χ3v) is 5.61. The molecule has 2 aromatic carbocycles. The number of aromatic nitrogens is 2. The lowest BCUT2D eigenvalue weighted by atomic mass is 10.2. The highest BCUT2D eigenvalue weighted by molar-refractivity contribution is 7.99. The molecule has 4 rings (SSSR count). The van der Waals surface area contributed by atoms with Crippen LogP contribution in [0.15, 0.2) is 88.9 Å². The topological polar surface area (TPSA) is 113 Å². The molecule has 9 heteroatoms. The summed E-state index contributed by atoms with van der Waals surface area (Å²) in [4.78, 5) is 29.0. The molecule has 0 radical (unpaired) electrons. The molecular weight excluding hydrogens is 438 g/mol. The van der Waals surface area contributed by atoms with Crippen molar-refractivity contribution in [2.75, 3.05) is 11.1 Å². The maximum absolute atomic E-state index is 12.3. The molecule has 0 atom stereocenters. The maximum Gasteiger partial charge on any atom is 0.251 e. The van der Waals surface area contributed by atoms with E-state index in [0.717, 1.165) is 5.69 Å². The number of nitrogens with zero attached hydrogens (tertiary/aromatic N) is 3. The molecule has 0 saturated carbocycles. The fraction of sp³-hybridized carbons (Fsp3) is 0.0833. The molecule has 0 saturated heterocycles. The number of anilines is 1. The minimum absolute atomic E-state index is 0.171. The van der Waals surface area contributed by atoms with Gasteiger partial charge in [0.25, 0.3) is 5.91 Å². The summed E-state index contributed by atoms with van der Waals surface area (Å²) in [5, 5.41) is 15.1. The Balaban J connectivity index is 1.34. The van der Waals surface area contributed by atoms with Crippen LogP contribution < -0.4 is 10.6 Å². The Morgan fingerprint density at radius 2 is 1.88 bits per heavy atom. The number of rotatable bonds is 8. The molecule has 0 aliphatic rings. The second kappa shape index (κ2) is 10.3. The van der Waals surface area contributed by atoms with Crippen LogP contribution in [0.25, 0.3) is 5.69 Å². The number of nitriles is 1. The summed E-state index contributed by atoms with van der Waals surface area (Å²) >= 11 is 1.30. The van der Waals surface area contributed by atoms with Crippen LogP contribution in [0.3, 0.4) is 0 Å². The standard InChI is InChI=1S/C24H19N5O3S/c25-14-17-3-7-19(8-4-17)28-22(30)16-33-24-26-11-12-29(24)20-9-5-18(6-10-20)23(31)27-15-21-2-1-13-32-21/h1-13H,15-16H2,(H,27,31)(H,28,30). The van der Waals surface area contributed by atoms with E-state index in [0.29, 0.717) is 34.3 Å². The minimum Gasteiger partial charge on any atom is -0.467 e. The first-order valence-corrected chi connectivity index (χ1v) is 11.0. The van der Waals surface area contributed by atoms with E-state index in [1.807, 2.05) is 22.8 Å². The van der Waals surface area contributed by atoms with E-state index in [1.165, 1.54) is 11.8 Å². The summed E-state index contributed by atoms with van der Waals surface area (Å²) in [5.74, 6) is 0.480. The fourth-order valence-electron chi connectivity index (χ4n) is 3.00. The molecule has 0 aliphatic carbocycles. The molecule has 2 N–H and O–H groups in total. The Kier molecular flexibility index (Phi) is 6.87. The molecule has 8 nitrogen and oxygen atoms in total. The normalized spacial score (nSPS) is 10.4. The number of furan rings is 1. The molecular formula is C24H19N5O3S. The summed E-state index contributed by atoms with van der Waals surface area (Å²) in [6, 6.07) is 19.4. The molecule has 164 valence electrons. The van der Waals surface area contributed by atoms with Crippen LogP contribution in [0.2, 0.25) is 0 Å². The number of benzene rings is 2. The predicted molar refractivity (Wildman–Crippen MR) is 124 cm³/mol. The van der Waals surface area contributed by atoms with Gasteiger partial charge in [0.15, 0.2) is 5.16 Å². The Labute approximate surface area is 194 Å². The fourth-order valence-corrected chi connectivity index (χ4v) is 3.78. The summed E-state index contributed by atoms with van der Waals surface area (Å²) < 4.78 is 7.07.